The van der Waals surface area contributed by atoms with Gasteiger partial charge in [-0.2, -0.15) is 4.31 Å². The van der Waals surface area contributed by atoms with Crippen molar-refractivity contribution in [2.45, 2.75) is 50.6 Å². The maximum absolute atomic E-state index is 13.4. The highest BCUT2D eigenvalue weighted by atomic mass is 32.2. The Kier molecular flexibility index (Phi) is 6.98. The number of sulfonamides is 1. The maximum atomic E-state index is 13.4. The van der Waals surface area contributed by atoms with E-state index in [9.17, 15) is 13.2 Å². The van der Waals surface area contributed by atoms with E-state index < -0.39 is 16.1 Å². The Balaban J connectivity index is 1.43. The summed E-state index contributed by atoms with van der Waals surface area (Å²) in [7, 11) is -3.68. The molecule has 172 valence electrons. The van der Waals surface area contributed by atoms with Crippen molar-refractivity contribution in [3.63, 3.8) is 0 Å². The summed E-state index contributed by atoms with van der Waals surface area (Å²) in [6, 6.07) is 14.7. The average Bonchev–Trinajstić information content (AvgIpc) is 3.17. The highest BCUT2D eigenvalue weighted by molar-refractivity contribution is 7.89. The Morgan fingerprint density at radius 2 is 1.66 bits per heavy atom. The summed E-state index contributed by atoms with van der Waals surface area (Å²) in [6.07, 6.45) is 2.21. The summed E-state index contributed by atoms with van der Waals surface area (Å²) in [5.74, 6) is -0.0454. The first-order valence-corrected chi connectivity index (χ1v) is 12.9. The van der Waals surface area contributed by atoms with Gasteiger partial charge in [-0.25, -0.2) is 8.42 Å². The van der Waals surface area contributed by atoms with E-state index in [0.29, 0.717) is 26.1 Å². The van der Waals surface area contributed by atoms with Crippen LogP contribution in [0.25, 0.3) is 0 Å². The number of rotatable bonds is 5. The lowest BCUT2D eigenvalue weighted by Crippen LogP contribution is -2.48. The number of amides is 1. The molecule has 0 spiro atoms. The van der Waals surface area contributed by atoms with Gasteiger partial charge in [0.15, 0.2) is 0 Å². The number of hydrogen-bond donors (Lipinski definition) is 0. The lowest BCUT2D eigenvalue weighted by molar-refractivity contribution is -0.134. The molecular weight excluding hydrogens is 422 g/mol. The topological polar surface area (TPSA) is 60.9 Å². The fourth-order valence-corrected chi connectivity index (χ4v) is 6.36. The minimum absolute atomic E-state index is 0.0454. The van der Waals surface area contributed by atoms with Crippen molar-refractivity contribution in [2.75, 3.05) is 32.7 Å². The van der Waals surface area contributed by atoms with Crippen LogP contribution in [0.2, 0.25) is 0 Å². The van der Waals surface area contributed by atoms with E-state index in [-0.39, 0.29) is 10.8 Å². The van der Waals surface area contributed by atoms with E-state index in [1.807, 2.05) is 11.8 Å². The third kappa shape index (κ3) is 4.90. The Hall–Kier alpha value is -2.22. The van der Waals surface area contributed by atoms with Crippen molar-refractivity contribution in [2.24, 2.45) is 0 Å². The highest BCUT2D eigenvalue weighted by Gasteiger charge is 2.41. The number of carbonyl (C=O) groups is 1. The fraction of sp³-hybridized carbons (Fsp3) is 0.480. The van der Waals surface area contributed by atoms with Crippen LogP contribution in [0.3, 0.4) is 0 Å². The molecule has 2 aliphatic rings. The molecule has 0 unspecified atom stereocenters. The van der Waals surface area contributed by atoms with Crippen molar-refractivity contribution in [3.8, 4) is 0 Å². The highest BCUT2D eigenvalue weighted by Crippen LogP contribution is 2.28. The third-order valence-corrected chi connectivity index (χ3v) is 8.59. The maximum Gasteiger partial charge on any atom is 0.243 e. The van der Waals surface area contributed by atoms with Crippen LogP contribution in [0, 0.1) is 13.8 Å². The molecule has 2 fully saturated rings. The summed E-state index contributed by atoms with van der Waals surface area (Å²) < 4.78 is 27.9. The van der Waals surface area contributed by atoms with Crippen molar-refractivity contribution in [3.05, 3.63) is 65.2 Å². The second-order valence-corrected chi connectivity index (χ2v) is 10.9. The van der Waals surface area contributed by atoms with Gasteiger partial charge in [0.25, 0.3) is 0 Å². The molecule has 0 saturated carbocycles. The first kappa shape index (κ1) is 23.0. The van der Waals surface area contributed by atoms with Crippen LogP contribution in [-0.2, 0) is 21.4 Å². The molecule has 2 aromatic carbocycles. The van der Waals surface area contributed by atoms with Crippen LogP contribution in [0.1, 0.15) is 36.0 Å². The Bertz CT molecular complexity index is 1050. The van der Waals surface area contributed by atoms with Gasteiger partial charge in [0.05, 0.1) is 4.90 Å². The summed E-state index contributed by atoms with van der Waals surface area (Å²) in [5, 5.41) is 0. The van der Waals surface area contributed by atoms with Gasteiger partial charge in [0.1, 0.15) is 6.04 Å². The molecule has 1 amide bonds. The number of nitrogens with zero attached hydrogens (tertiary/aromatic N) is 3. The zero-order chi connectivity index (χ0) is 22.7. The molecule has 32 heavy (non-hydrogen) atoms. The van der Waals surface area contributed by atoms with E-state index in [1.165, 1.54) is 15.4 Å². The average molecular weight is 456 g/mol. The van der Waals surface area contributed by atoms with Crippen LogP contribution >= 0.6 is 0 Å². The molecule has 2 saturated heterocycles. The van der Waals surface area contributed by atoms with Crippen molar-refractivity contribution < 1.29 is 13.2 Å². The van der Waals surface area contributed by atoms with Gasteiger partial charge in [-0.15, -0.1) is 0 Å². The fourth-order valence-electron chi connectivity index (χ4n) is 4.71. The Morgan fingerprint density at radius 3 is 2.41 bits per heavy atom. The summed E-state index contributed by atoms with van der Waals surface area (Å²) >= 11 is 0. The molecule has 6 nitrogen and oxygen atoms in total. The van der Waals surface area contributed by atoms with Gasteiger partial charge >= 0.3 is 0 Å². The summed E-state index contributed by atoms with van der Waals surface area (Å²) in [4.78, 5) is 18.0. The van der Waals surface area contributed by atoms with Gasteiger partial charge in [-0.1, -0.05) is 42.0 Å². The smallest absolute Gasteiger partial charge is 0.243 e. The largest absolute Gasteiger partial charge is 0.340 e. The van der Waals surface area contributed by atoms with Crippen LogP contribution in [0.4, 0.5) is 0 Å². The van der Waals surface area contributed by atoms with E-state index in [0.717, 1.165) is 38.0 Å². The van der Waals surface area contributed by atoms with Gasteiger partial charge in [0, 0.05) is 39.3 Å². The normalized spacial score (nSPS) is 20.9. The lowest BCUT2D eigenvalue weighted by Gasteiger charge is -2.29. The van der Waals surface area contributed by atoms with Crippen molar-refractivity contribution >= 4 is 15.9 Å². The molecule has 0 bridgehead atoms. The molecule has 7 heteroatoms. The number of hydrogen-bond acceptors (Lipinski definition) is 4. The molecule has 0 N–H and O–H groups in total. The molecule has 2 heterocycles. The first-order valence-electron chi connectivity index (χ1n) is 11.5. The molecule has 2 aromatic rings. The standard InChI is InChI=1S/C25H33N3O3S/c1-20-10-12-23(13-11-20)32(30,31)28-16-5-9-24(28)25(29)27-15-6-14-26(17-18-27)19-22-8-4-3-7-21(22)2/h3-4,7-8,10-13,24H,5-6,9,14-19H2,1-2H3/t24-/m0/s1. The van der Waals surface area contributed by atoms with E-state index in [4.69, 9.17) is 0 Å². The van der Waals surface area contributed by atoms with Gasteiger partial charge in [0.2, 0.25) is 15.9 Å². The molecule has 0 aromatic heterocycles. The third-order valence-electron chi connectivity index (χ3n) is 6.67. The lowest BCUT2D eigenvalue weighted by atomic mass is 10.1. The predicted molar refractivity (Wildman–Crippen MR) is 126 cm³/mol. The molecule has 0 radical (unpaired) electrons. The Morgan fingerprint density at radius 1 is 0.906 bits per heavy atom. The number of benzene rings is 2. The van der Waals surface area contributed by atoms with Crippen molar-refractivity contribution in [1.82, 2.24) is 14.1 Å². The minimum atomic E-state index is -3.68. The van der Waals surface area contributed by atoms with Crippen LogP contribution in [0.15, 0.2) is 53.4 Å². The second kappa shape index (κ2) is 9.73. The van der Waals surface area contributed by atoms with Gasteiger partial charge in [-0.3, -0.25) is 9.69 Å². The molecule has 2 aliphatic heterocycles. The van der Waals surface area contributed by atoms with Crippen molar-refractivity contribution in [1.29, 1.82) is 0 Å². The zero-order valence-corrected chi connectivity index (χ0v) is 19.9. The summed E-state index contributed by atoms with van der Waals surface area (Å²) in [6.45, 7) is 8.40. The molecule has 0 aliphatic carbocycles. The molecule has 4 rings (SSSR count). The minimum Gasteiger partial charge on any atom is -0.340 e. The first-order chi connectivity index (χ1) is 15.4. The number of carbonyl (C=O) groups excluding carboxylic acids is 1. The Labute approximate surface area is 191 Å². The van der Waals surface area contributed by atoms with E-state index in [2.05, 4.69) is 36.1 Å². The van der Waals surface area contributed by atoms with Crippen LogP contribution < -0.4 is 0 Å². The predicted octanol–water partition coefficient (Wildman–Crippen LogP) is 3.19. The monoisotopic (exact) mass is 455 g/mol. The van der Waals surface area contributed by atoms with Crippen LogP contribution in [0.5, 0.6) is 0 Å². The number of aryl methyl sites for hydroxylation is 2. The second-order valence-electron chi connectivity index (χ2n) is 8.97. The van der Waals surface area contributed by atoms with Crippen LogP contribution in [-0.4, -0.2) is 67.2 Å². The zero-order valence-electron chi connectivity index (χ0n) is 19.0. The molecule has 1 atom stereocenters. The molecular formula is C25H33N3O3S. The van der Waals surface area contributed by atoms with Gasteiger partial charge < -0.3 is 4.90 Å². The summed E-state index contributed by atoms with van der Waals surface area (Å²) in [5.41, 5.74) is 3.61. The quantitative estimate of drug-likeness (QED) is 0.695. The van der Waals surface area contributed by atoms with E-state index >= 15 is 0 Å². The van der Waals surface area contributed by atoms with E-state index in [1.54, 1.807) is 24.3 Å². The SMILES string of the molecule is Cc1ccc(S(=O)(=O)N2CCC[C@H]2C(=O)N2CCCN(Cc3ccccc3C)CC2)cc1. The van der Waals surface area contributed by atoms with Gasteiger partial charge in [-0.05, 0) is 56.4 Å².